The molecule has 9 nitrogen and oxygen atoms in total. The molecule has 34 heavy (non-hydrogen) atoms. The second-order valence-corrected chi connectivity index (χ2v) is 9.26. The van der Waals surface area contributed by atoms with E-state index >= 15 is 0 Å². The number of thiophene rings is 1. The molecule has 4 heterocycles. The highest BCUT2D eigenvalue weighted by molar-refractivity contribution is 7.25. The fourth-order valence-corrected chi connectivity index (χ4v) is 5.33. The maximum atomic E-state index is 6.23. The molecule has 10 heteroatoms. The fraction of sp³-hybridized carbons (Fsp3) is 0.250. The van der Waals surface area contributed by atoms with Crippen LogP contribution in [0.3, 0.4) is 0 Å². The molecular weight excluding hydrogens is 448 g/mol. The first kappa shape index (κ1) is 20.8. The average Bonchev–Trinajstić information content (AvgIpc) is 3.59. The van der Waals surface area contributed by atoms with Gasteiger partial charge in [0.1, 0.15) is 23.5 Å². The summed E-state index contributed by atoms with van der Waals surface area (Å²) >= 11 is 1.62. The molecule has 1 aliphatic heterocycles. The maximum absolute atomic E-state index is 6.23. The number of hydrogen-bond donors (Lipinski definition) is 2. The second-order valence-electron chi connectivity index (χ2n) is 8.23. The van der Waals surface area contributed by atoms with E-state index in [2.05, 4.69) is 42.4 Å². The summed E-state index contributed by atoms with van der Waals surface area (Å²) in [6, 6.07) is 15.9. The van der Waals surface area contributed by atoms with E-state index in [9.17, 15) is 0 Å². The van der Waals surface area contributed by atoms with Crippen molar-refractivity contribution in [2.75, 3.05) is 37.3 Å². The number of hydrogen-bond acceptors (Lipinski definition) is 9. The van der Waals surface area contributed by atoms with E-state index in [-0.39, 0.29) is 5.95 Å². The minimum Gasteiger partial charge on any atom is -0.492 e. The summed E-state index contributed by atoms with van der Waals surface area (Å²) in [5.74, 6) is 2.10. The normalized spacial score (nSPS) is 14.2. The third kappa shape index (κ3) is 4.02. The Morgan fingerprint density at radius 1 is 1.03 bits per heavy atom. The van der Waals surface area contributed by atoms with Gasteiger partial charge in [-0.3, -0.25) is 4.90 Å². The molecule has 3 N–H and O–H groups in total. The zero-order valence-corrected chi connectivity index (χ0v) is 19.3. The van der Waals surface area contributed by atoms with E-state index in [4.69, 9.17) is 10.5 Å². The van der Waals surface area contributed by atoms with Gasteiger partial charge in [-0.2, -0.15) is 9.67 Å². The van der Waals surface area contributed by atoms with Gasteiger partial charge in [0.05, 0.1) is 5.39 Å². The molecule has 1 saturated heterocycles. The van der Waals surface area contributed by atoms with Gasteiger partial charge in [-0.1, -0.05) is 18.2 Å². The largest absolute Gasteiger partial charge is 0.492 e. The van der Waals surface area contributed by atoms with Gasteiger partial charge in [0.2, 0.25) is 11.9 Å². The molecule has 3 aromatic heterocycles. The van der Waals surface area contributed by atoms with Crippen LogP contribution < -0.4 is 15.8 Å². The number of anilines is 3. The molecule has 172 valence electrons. The summed E-state index contributed by atoms with van der Waals surface area (Å²) in [4.78, 5) is 16.6. The summed E-state index contributed by atoms with van der Waals surface area (Å²) in [5.41, 5.74) is 7.08. The molecule has 0 aliphatic carbocycles. The first-order valence-corrected chi connectivity index (χ1v) is 12.1. The third-order valence-corrected chi connectivity index (χ3v) is 7.05. The van der Waals surface area contributed by atoms with Gasteiger partial charge in [0, 0.05) is 22.3 Å². The van der Waals surface area contributed by atoms with Crippen LogP contribution in [0.1, 0.15) is 12.8 Å². The molecule has 0 bridgehead atoms. The number of rotatable bonds is 7. The van der Waals surface area contributed by atoms with Crippen molar-refractivity contribution in [3.05, 3.63) is 54.9 Å². The number of fused-ring (bicyclic) bond motifs is 3. The monoisotopic (exact) mass is 472 g/mol. The van der Waals surface area contributed by atoms with E-state index < -0.39 is 0 Å². The molecule has 0 radical (unpaired) electrons. The lowest BCUT2D eigenvalue weighted by Gasteiger charge is -2.15. The van der Waals surface area contributed by atoms with Gasteiger partial charge >= 0.3 is 0 Å². The van der Waals surface area contributed by atoms with E-state index in [1.165, 1.54) is 32.3 Å². The lowest BCUT2D eigenvalue weighted by molar-refractivity contribution is 0.238. The van der Waals surface area contributed by atoms with Crippen LogP contribution in [0.25, 0.3) is 26.1 Å². The Morgan fingerprint density at radius 3 is 2.71 bits per heavy atom. The lowest BCUT2D eigenvalue weighted by Crippen LogP contribution is -2.25. The molecular formula is C24H24N8OS. The van der Waals surface area contributed by atoms with Crippen LogP contribution in [0.4, 0.5) is 17.6 Å². The Kier molecular flexibility index (Phi) is 5.44. The van der Waals surface area contributed by atoms with E-state index in [0.29, 0.717) is 18.4 Å². The second kappa shape index (κ2) is 8.88. The number of likely N-dealkylation sites (tertiary alicyclic amines) is 1. The number of ether oxygens (including phenoxy) is 1. The highest BCUT2D eigenvalue weighted by atomic mass is 32.1. The average molecular weight is 473 g/mol. The van der Waals surface area contributed by atoms with Crippen LogP contribution in [0, 0.1) is 0 Å². The predicted octanol–water partition coefficient (Wildman–Crippen LogP) is 4.23. The summed E-state index contributed by atoms with van der Waals surface area (Å²) in [7, 11) is 0. The first-order valence-electron chi connectivity index (χ1n) is 11.3. The molecule has 1 fully saturated rings. The van der Waals surface area contributed by atoms with Crippen LogP contribution >= 0.6 is 11.3 Å². The van der Waals surface area contributed by atoms with Gasteiger partial charge < -0.3 is 15.8 Å². The zero-order chi connectivity index (χ0) is 22.9. The highest BCUT2D eigenvalue weighted by Gasteiger charge is 2.17. The summed E-state index contributed by atoms with van der Waals surface area (Å²) < 4.78 is 8.58. The zero-order valence-electron chi connectivity index (χ0n) is 18.5. The molecule has 0 spiro atoms. The third-order valence-electron chi connectivity index (χ3n) is 5.97. The summed E-state index contributed by atoms with van der Waals surface area (Å²) in [5, 5.41) is 9.78. The SMILES string of the molecule is Nc1nc(Nc2ccc(OCCN3CCCC3)cc2)nn1-c1ncnc2sc3ccccc3c12. The van der Waals surface area contributed by atoms with Crippen LogP contribution in [-0.2, 0) is 0 Å². The predicted molar refractivity (Wildman–Crippen MR) is 135 cm³/mol. The Balaban J connectivity index is 1.20. The molecule has 0 amide bonds. The van der Waals surface area contributed by atoms with Crippen LogP contribution in [-0.4, -0.2) is 55.9 Å². The van der Waals surface area contributed by atoms with Crippen molar-refractivity contribution in [2.24, 2.45) is 0 Å². The summed E-state index contributed by atoms with van der Waals surface area (Å²) in [6.45, 7) is 4.02. The highest BCUT2D eigenvalue weighted by Crippen LogP contribution is 2.35. The quantitative estimate of drug-likeness (QED) is 0.362. The molecule has 0 saturated carbocycles. The Bertz CT molecular complexity index is 1440. The van der Waals surface area contributed by atoms with Crippen LogP contribution in [0.5, 0.6) is 5.75 Å². The van der Waals surface area contributed by atoms with Crippen LogP contribution in [0.2, 0.25) is 0 Å². The van der Waals surface area contributed by atoms with Crippen molar-refractivity contribution in [1.29, 1.82) is 0 Å². The number of benzene rings is 2. The lowest BCUT2D eigenvalue weighted by atomic mass is 10.2. The van der Waals surface area contributed by atoms with Gasteiger partial charge in [0.25, 0.3) is 0 Å². The van der Waals surface area contributed by atoms with Gasteiger partial charge in [-0.05, 0) is 56.3 Å². The first-order chi connectivity index (χ1) is 16.7. The minimum atomic E-state index is 0.250. The number of nitrogens with zero attached hydrogens (tertiary/aromatic N) is 6. The summed E-state index contributed by atoms with van der Waals surface area (Å²) in [6.07, 6.45) is 4.12. The molecule has 0 atom stereocenters. The Hall–Kier alpha value is -3.76. The topological polar surface area (TPSA) is 107 Å². The van der Waals surface area contributed by atoms with Crippen molar-refractivity contribution in [3.63, 3.8) is 0 Å². The number of nitrogen functional groups attached to an aromatic ring is 1. The van der Waals surface area contributed by atoms with E-state index in [1.54, 1.807) is 16.0 Å². The number of aromatic nitrogens is 5. The fourth-order valence-electron chi connectivity index (χ4n) is 4.30. The molecule has 1 aliphatic rings. The number of nitrogens with two attached hydrogens (primary N) is 1. The molecule has 2 aromatic carbocycles. The molecule has 5 aromatic rings. The molecule has 0 unspecified atom stereocenters. The Morgan fingerprint density at radius 2 is 1.85 bits per heavy atom. The van der Waals surface area contributed by atoms with Gasteiger partial charge in [-0.25, -0.2) is 9.97 Å². The van der Waals surface area contributed by atoms with E-state index in [1.807, 2.05) is 36.4 Å². The van der Waals surface area contributed by atoms with Crippen molar-refractivity contribution >= 4 is 49.2 Å². The van der Waals surface area contributed by atoms with Gasteiger partial charge in [-0.15, -0.1) is 16.4 Å². The maximum Gasteiger partial charge on any atom is 0.248 e. The smallest absolute Gasteiger partial charge is 0.248 e. The van der Waals surface area contributed by atoms with Crippen molar-refractivity contribution in [1.82, 2.24) is 29.6 Å². The van der Waals surface area contributed by atoms with Crippen molar-refractivity contribution in [2.45, 2.75) is 12.8 Å². The van der Waals surface area contributed by atoms with Crippen molar-refractivity contribution in [3.8, 4) is 11.6 Å². The van der Waals surface area contributed by atoms with Crippen LogP contribution in [0.15, 0.2) is 54.9 Å². The molecule has 6 rings (SSSR count). The standard InChI is InChI=1S/C24H24N8OS/c25-23-29-24(28-16-7-9-17(10-8-16)33-14-13-31-11-3-4-12-31)30-32(23)21-20-18-5-1-2-6-19(18)34-22(20)27-15-26-21/h1-2,5-10,15H,3-4,11-14H2,(H3,25,28,29,30). The number of nitrogens with one attached hydrogen (secondary N) is 1. The van der Waals surface area contributed by atoms with Gasteiger partial charge in [0.15, 0.2) is 5.82 Å². The minimum absolute atomic E-state index is 0.250. The van der Waals surface area contributed by atoms with E-state index in [0.717, 1.165) is 38.3 Å². The van der Waals surface area contributed by atoms with Crippen molar-refractivity contribution < 1.29 is 4.74 Å². The Labute approximate surface area is 200 Å².